The largest absolute Gasteiger partial charge is 0.370 e. The smallest absolute Gasteiger partial charge is 0.144 e. The molecule has 19 heavy (non-hydrogen) atoms. The zero-order valence-corrected chi connectivity index (χ0v) is 13.1. The van der Waals surface area contributed by atoms with E-state index in [2.05, 4.69) is 12.2 Å². The summed E-state index contributed by atoms with van der Waals surface area (Å²) < 4.78 is 0. The van der Waals surface area contributed by atoms with Crippen LogP contribution in [0.15, 0.2) is 0 Å². The summed E-state index contributed by atoms with van der Waals surface area (Å²) >= 11 is 4.05. The van der Waals surface area contributed by atoms with Gasteiger partial charge in [-0.2, -0.15) is 11.8 Å². The minimum Gasteiger partial charge on any atom is -0.370 e. The maximum atomic E-state index is 4.86. The van der Waals surface area contributed by atoms with Gasteiger partial charge in [0.25, 0.3) is 0 Å². The maximum absolute atomic E-state index is 4.86. The van der Waals surface area contributed by atoms with E-state index in [1.807, 2.05) is 23.5 Å². The Kier molecular flexibility index (Phi) is 4.53. The first-order valence-corrected chi connectivity index (χ1v) is 9.41. The van der Waals surface area contributed by atoms with Crippen LogP contribution in [0.2, 0.25) is 0 Å². The normalized spacial score (nSPS) is 22.3. The average molecular weight is 295 g/mol. The quantitative estimate of drug-likeness (QED) is 0.922. The van der Waals surface area contributed by atoms with Gasteiger partial charge in [0.15, 0.2) is 0 Å². The Hall–Kier alpha value is -0.420. The lowest BCUT2D eigenvalue weighted by molar-refractivity contribution is 0.868. The first-order valence-electron chi connectivity index (χ1n) is 7.21. The van der Waals surface area contributed by atoms with Gasteiger partial charge in [-0.1, -0.05) is 6.92 Å². The second-order valence-corrected chi connectivity index (χ2v) is 7.53. The van der Waals surface area contributed by atoms with Crippen LogP contribution < -0.4 is 5.32 Å². The number of nitrogens with zero attached hydrogens (tertiary/aromatic N) is 2. The van der Waals surface area contributed by atoms with Crippen LogP contribution in [0.4, 0.5) is 5.82 Å². The van der Waals surface area contributed by atoms with Gasteiger partial charge in [0.2, 0.25) is 0 Å². The van der Waals surface area contributed by atoms with E-state index in [1.54, 1.807) is 0 Å². The van der Waals surface area contributed by atoms with Gasteiger partial charge in [-0.3, -0.25) is 0 Å². The molecule has 1 saturated heterocycles. The lowest BCUT2D eigenvalue weighted by Gasteiger charge is -2.21. The summed E-state index contributed by atoms with van der Waals surface area (Å²) in [6.45, 7) is 3.21. The van der Waals surface area contributed by atoms with Crippen LogP contribution in [0, 0.1) is 0 Å². The van der Waals surface area contributed by atoms with Gasteiger partial charge >= 0.3 is 0 Å². The van der Waals surface area contributed by atoms with Crippen LogP contribution in [0.1, 0.15) is 42.1 Å². The number of fused-ring (bicyclic) bond motifs is 1. The van der Waals surface area contributed by atoms with Gasteiger partial charge in [0, 0.05) is 35.1 Å². The zero-order chi connectivity index (χ0) is 13.1. The van der Waals surface area contributed by atoms with Crippen molar-refractivity contribution in [3.05, 3.63) is 17.1 Å². The van der Waals surface area contributed by atoms with Crippen molar-refractivity contribution in [3.8, 4) is 0 Å². The van der Waals surface area contributed by atoms with E-state index < -0.39 is 0 Å². The second kappa shape index (κ2) is 6.35. The van der Waals surface area contributed by atoms with Crippen molar-refractivity contribution in [1.82, 2.24) is 9.97 Å². The molecule has 0 radical (unpaired) electrons. The van der Waals surface area contributed by atoms with Crippen molar-refractivity contribution in [3.63, 3.8) is 0 Å². The third-order valence-electron chi connectivity index (χ3n) is 3.60. The van der Waals surface area contributed by atoms with Crippen LogP contribution in [-0.4, -0.2) is 33.8 Å². The topological polar surface area (TPSA) is 37.8 Å². The molecule has 0 saturated carbocycles. The van der Waals surface area contributed by atoms with Crippen LogP contribution in [0.3, 0.4) is 0 Å². The Bertz CT molecular complexity index is 445. The van der Waals surface area contributed by atoms with E-state index in [0.29, 0.717) is 5.25 Å². The molecule has 104 valence electrons. The molecule has 2 heterocycles. The molecule has 1 aliphatic heterocycles. The minimum atomic E-state index is 0.492. The molecule has 2 aliphatic rings. The van der Waals surface area contributed by atoms with E-state index in [1.165, 1.54) is 29.2 Å². The van der Waals surface area contributed by atoms with Crippen LogP contribution in [0.25, 0.3) is 0 Å². The first kappa shape index (κ1) is 13.6. The second-order valence-electron chi connectivity index (χ2n) is 5.07. The number of hydrogen-bond acceptors (Lipinski definition) is 5. The maximum Gasteiger partial charge on any atom is 0.144 e. The molecular formula is C14H21N3S2. The van der Waals surface area contributed by atoms with Crippen molar-refractivity contribution in [1.29, 1.82) is 0 Å². The van der Waals surface area contributed by atoms with Crippen molar-refractivity contribution in [2.24, 2.45) is 0 Å². The number of hydrogen-bond donors (Lipinski definition) is 1. The molecule has 1 aromatic rings. The van der Waals surface area contributed by atoms with E-state index in [-0.39, 0.29) is 0 Å². The summed E-state index contributed by atoms with van der Waals surface area (Å²) in [5.41, 5.74) is 2.69. The summed E-state index contributed by atoms with van der Waals surface area (Å²) in [4.78, 5) is 9.71. The number of aryl methyl sites for hydroxylation is 1. The van der Waals surface area contributed by atoms with Crippen molar-refractivity contribution < 1.29 is 0 Å². The first-order chi connectivity index (χ1) is 9.38. The molecule has 3 nitrogen and oxygen atoms in total. The van der Waals surface area contributed by atoms with Crippen molar-refractivity contribution in [2.75, 3.05) is 29.1 Å². The number of aromatic nitrogens is 2. The minimum absolute atomic E-state index is 0.492. The molecular weight excluding hydrogens is 274 g/mol. The Balaban J connectivity index is 1.87. The molecule has 0 bridgehead atoms. The highest BCUT2D eigenvalue weighted by molar-refractivity contribution is 8.06. The monoisotopic (exact) mass is 295 g/mol. The summed E-state index contributed by atoms with van der Waals surface area (Å²) in [5, 5.41) is 4.00. The molecule has 1 N–H and O–H groups in total. The third-order valence-corrected chi connectivity index (χ3v) is 6.35. The van der Waals surface area contributed by atoms with Gasteiger partial charge in [-0.05, 0) is 25.7 Å². The Labute approximate surface area is 123 Å². The highest BCUT2D eigenvalue weighted by Crippen LogP contribution is 2.37. The van der Waals surface area contributed by atoms with Crippen LogP contribution >= 0.6 is 23.5 Å². The molecule has 1 fully saturated rings. The molecule has 3 rings (SSSR count). The summed E-state index contributed by atoms with van der Waals surface area (Å²) in [6, 6.07) is 0. The average Bonchev–Trinajstić information content (AvgIpc) is 2.94. The fourth-order valence-electron chi connectivity index (χ4n) is 2.62. The Morgan fingerprint density at radius 3 is 3.00 bits per heavy atom. The number of anilines is 1. The van der Waals surface area contributed by atoms with Crippen molar-refractivity contribution >= 4 is 29.3 Å². The van der Waals surface area contributed by atoms with Gasteiger partial charge in [-0.15, -0.1) is 11.8 Å². The molecule has 1 aliphatic carbocycles. The molecule has 1 unspecified atom stereocenters. The van der Waals surface area contributed by atoms with Gasteiger partial charge < -0.3 is 5.32 Å². The molecule has 0 aromatic carbocycles. The van der Waals surface area contributed by atoms with E-state index in [9.17, 15) is 0 Å². The Morgan fingerprint density at radius 1 is 1.26 bits per heavy atom. The molecule has 1 aromatic heterocycles. The van der Waals surface area contributed by atoms with E-state index in [0.717, 1.165) is 43.2 Å². The lowest BCUT2D eigenvalue weighted by atomic mass is 10.2. The molecule has 1 atom stereocenters. The predicted molar refractivity (Wildman–Crippen MR) is 85.4 cm³/mol. The summed E-state index contributed by atoms with van der Waals surface area (Å²) in [7, 11) is 0. The zero-order valence-electron chi connectivity index (χ0n) is 11.4. The van der Waals surface area contributed by atoms with Crippen molar-refractivity contribution in [2.45, 2.75) is 37.9 Å². The predicted octanol–water partition coefficient (Wildman–Crippen LogP) is 3.31. The number of rotatable bonds is 4. The highest BCUT2D eigenvalue weighted by Gasteiger charge is 2.24. The van der Waals surface area contributed by atoms with E-state index in [4.69, 9.17) is 9.97 Å². The SMILES string of the molecule is CCCNc1nc(C2CSCCS2)nc2c1CCC2. The number of nitrogens with one attached hydrogen (secondary N) is 1. The molecule has 5 heteroatoms. The fourth-order valence-corrected chi connectivity index (χ4v) is 5.22. The van der Waals surface area contributed by atoms with Gasteiger partial charge in [0.1, 0.15) is 11.6 Å². The van der Waals surface area contributed by atoms with Crippen LogP contribution in [0.5, 0.6) is 0 Å². The molecule has 0 spiro atoms. The fraction of sp³-hybridized carbons (Fsp3) is 0.714. The van der Waals surface area contributed by atoms with E-state index >= 15 is 0 Å². The third kappa shape index (κ3) is 3.02. The summed E-state index contributed by atoms with van der Waals surface area (Å²) in [5.74, 6) is 5.85. The van der Waals surface area contributed by atoms with Crippen LogP contribution in [-0.2, 0) is 12.8 Å². The Morgan fingerprint density at radius 2 is 2.21 bits per heavy atom. The highest BCUT2D eigenvalue weighted by atomic mass is 32.2. The van der Waals surface area contributed by atoms with Gasteiger partial charge in [-0.25, -0.2) is 9.97 Å². The van der Waals surface area contributed by atoms with Gasteiger partial charge in [0.05, 0.1) is 5.25 Å². The lowest BCUT2D eigenvalue weighted by Crippen LogP contribution is -2.14. The standard InChI is InChI=1S/C14H21N3S2/c1-2-6-15-13-10-4-3-5-11(10)16-14(17-13)12-9-18-7-8-19-12/h12H,2-9H2,1H3,(H,15,16,17). The number of thioether (sulfide) groups is 2. The molecule has 0 amide bonds. The summed E-state index contributed by atoms with van der Waals surface area (Å²) in [6.07, 6.45) is 4.66.